The van der Waals surface area contributed by atoms with Gasteiger partial charge in [-0.1, -0.05) is 30.3 Å². The van der Waals surface area contributed by atoms with Gasteiger partial charge >= 0.3 is 0 Å². The Hall–Kier alpha value is -2.21. The predicted octanol–water partition coefficient (Wildman–Crippen LogP) is 4.52. The van der Waals surface area contributed by atoms with Gasteiger partial charge in [-0.25, -0.2) is 9.67 Å². The molecule has 0 saturated heterocycles. The van der Waals surface area contributed by atoms with Crippen molar-refractivity contribution in [3.05, 3.63) is 63.5 Å². The molecule has 24 heavy (non-hydrogen) atoms. The largest absolute Gasteiger partial charge is 0.362 e. The van der Waals surface area contributed by atoms with Gasteiger partial charge < -0.3 is 5.32 Å². The molecular formula is C18H20BrN5. The molecule has 0 aliphatic carbocycles. The van der Waals surface area contributed by atoms with E-state index >= 15 is 0 Å². The number of halogens is 1. The molecule has 3 rings (SSSR count). The Morgan fingerprint density at radius 2 is 1.79 bits per heavy atom. The lowest BCUT2D eigenvalue weighted by atomic mass is 10.1. The fourth-order valence-electron chi connectivity index (χ4n) is 2.60. The van der Waals surface area contributed by atoms with E-state index in [-0.39, 0.29) is 6.04 Å². The molecule has 0 aliphatic heterocycles. The SMILES string of the molecule is Cc1cc(C)n(-c2nc(C)c(Br)c(N[C@H](C)c3ccccc3)n2)n1. The van der Waals surface area contributed by atoms with Gasteiger partial charge in [0.2, 0.25) is 0 Å². The molecule has 0 fully saturated rings. The Bertz CT molecular complexity index is 857. The molecule has 1 N–H and O–H groups in total. The molecule has 5 nitrogen and oxygen atoms in total. The Morgan fingerprint density at radius 3 is 2.42 bits per heavy atom. The number of hydrogen-bond donors (Lipinski definition) is 1. The summed E-state index contributed by atoms with van der Waals surface area (Å²) >= 11 is 3.59. The van der Waals surface area contributed by atoms with Crippen LogP contribution in [-0.2, 0) is 0 Å². The van der Waals surface area contributed by atoms with Gasteiger partial charge in [0.05, 0.1) is 15.9 Å². The van der Waals surface area contributed by atoms with E-state index in [9.17, 15) is 0 Å². The first-order chi connectivity index (χ1) is 11.5. The topological polar surface area (TPSA) is 55.6 Å². The van der Waals surface area contributed by atoms with Gasteiger partial charge in [0.15, 0.2) is 0 Å². The van der Waals surface area contributed by atoms with Crippen LogP contribution in [0.1, 0.15) is 35.6 Å². The van der Waals surface area contributed by atoms with Crippen molar-refractivity contribution >= 4 is 21.7 Å². The van der Waals surface area contributed by atoms with Crippen LogP contribution in [0.3, 0.4) is 0 Å². The van der Waals surface area contributed by atoms with Crippen LogP contribution in [0, 0.1) is 20.8 Å². The number of nitrogens with zero attached hydrogens (tertiary/aromatic N) is 4. The molecule has 3 aromatic rings. The first-order valence-corrected chi connectivity index (χ1v) is 8.64. The van der Waals surface area contributed by atoms with E-state index in [1.807, 2.05) is 45.0 Å². The molecule has 0 unspecified atom stereocenters. The monoisotopic (exact) mass is 385 g/mol. The summed E-state index contributed by atoms with van der Waals surface area (Å²) in [5, 5.41) is 7.94. The zero-order valence-electron chi connectivity index (χ0n) is 14.2. The van der Waals surface area contributed by atoms with E-state index in [0.717, 1.165) is 27.4 Å². The summed E-state index contributed by atoms with van der Waals surface area (Å²) < 4.78 is 2.64. The van der Waals surface area contributed by atoms with Gasteiger partial charge in [-0.05, 0) is 55.3 Å². The number of aryl methyl sites for hydroxylation is 3. The maximum absolute atomic E-state index is 4.67. The van der Waals surface area contributed by atoms with Crippen LogP contribution < -0.4 is 5.32 Å². The highest BCUT2D eigenvalue weighted by Crippen LogP contribution is 2.28. The Balaban J connectivity index is 1.97. The minimum atomic E-state index is 0.130. The second kappa shape index (κ2) is 6.73. The minimum Gasteiger partial charge on any atom is -0.362 e. The molecule has 0 amide bonds. The normalized spacial score (nSPS) is 12.2. The summed E-state index contributed by atoms with van der Waals surface area (Å²) in [6.45, 7) is 8.04. The minimum absolute atomic E-state index is 0.130. The molecule has 0 bridgehead atoms. The van der Waals surface area contributed by atoms with Gasteiger partial charge in [-0.2, -0.15) is 10.1 Å². The Labute approximate surface area is 150 Å². The highest BCUT2D eigenvalue weighted by molar-refractivity contribution is 9.10. The fourth-order valence-corrected chi connectivity index (χ4v) is 2.89. The average Bonchev–Trinajstić information content (AvgIpc) is 2.91. The van der Waals surface area contributed by atoms with Crippen molar-refractivity contribution in [2.45, 2.75) is 33.7 Å². The van der Waals surface area contributed by atoms with Crippen molar-refractivity contribution in [2.24, 2.45) is 0 Å². The van der Waals surface area contributed by atoms with Crippen molar-refractivity contribution in [3.8, 4) is 5.95 Å². The molecule has 6 heteroatoms. The zero-order valence-corrected chi connectivity index (χ0v) is 15.8. The molecule has 0 spiro atoms. The first kappa shape index (κ1) is 16.6. The van der Waals surface area contributed by atoms with Crippen molar-refractivity contribution in [2.75, 3.05) is 5.32 Å². The summed E-state index contributed by atoms with van der Waals surface area (Å²) in [6.07, 6.45) is 0. The van der Waals surface area contributed by atoms with E-state index in [1.165, 1.54) is 5.56 Å². The van der Waals surface area contributed by atoms with E-state index in [2.05, 4.69) is 55.4 Å². The number of aromatic nitrogens is 4. The van der Waals surface area contributed by atoms with E-state index < -0.39 is 0 Å². The van der Waals surface area contributed by atoms with Gasteiger partial charge in [0, 0.05) is 11.7 Å². The molecule has 0 radical (unpaired) electrons. The fraction of sp³-hybridized carbons (Fsp3) is 0.278. The van der Waals surface area contributed by atoms with Gasteiger partial charge in [0.25, 0.3) is 5.95 Å². The summed E-state index contributed by atoms with van der Waals surface area (Å²) in [5.41, 5.74) is 4.03. The third-order valence-corrected chi connectivity index (χ3v) is 4.81. The van der Waals surface area contributed by atoms with Crippen LogP contribution in [-0.4, -0.2) is 19.7 Å². The number of hydrogen-bond acceptors (Lipinski definition) is 4. The lowest BCUT2D eigenvalue weighted by molar-refractivity contribution is 0.762. The van der Waals surface area contributed by atoms with Gasteiger partial charge in [-0.3, -0.25) is 0 Å². The van der Waals surface area contributed by atoms with Crippen LogP contribution in [0.5, 0.6) is 0 Å². The van der Waals surface area contributed by atoms with E-state index in [4.69, 9.17) is 0 Å². The molecule has 0 aliphatic rings. The molecular weight excluding hydrogens is 366 g/mol. The summed E-state index contributed by atoms with van der Waals surface area (Å²) in [7, 11) is 0. The quantitative estimate of drug-likeness (QED) is 0.716. The number of rotatable bonds is 4. The summed E-state index contributed by atoms with van der Waals surface area (Å²) in [4.78, 5) is 9.23. The standard InChI is InChI=1S/C18H20BrN5/c1-11-10-12(2)24(23-11)18-21-14(4)16(19)17(22-18)20-13(3)15-8-6-5-7-9-15/h5-10,13H,1-4H3,(H,20,21,22)/t13-/m1/s1. The number of anilines is 1. The zero-order chi connectivity index (χ0) is 17.3. The molecule has 124 valence electrons. The molecule has 2 heterocycles. The first-order valence-electron chi connectivity index (χ1n) is 7.85. The van der Waals surface area contributed by atoms with Gasteiger partial charge in [-0.15, -0.1) is 0 Å². The van der Waals surface area contributed by atoms with Crippen LogP contribution >= 0.6 is 15.9 Å². The van der Waals surface area contributed by atoms with Crippen molar-refractivity contribution in [1.29, 1.82) is 0 Å². The Kier molecular flexibility index (Phi) is 4.66. The second-order valence-corrected chi connectivity index (χ2v) is 6.68. The third kappa shape index (κ3) is 3.33. The van der Waals surface area contributed by atoms with E-state index in [0.29, 0.717) is 5.95 Å². The Morgan fingerprint density at radius 1 is 1.08 bits per heavy atom. The highest BCUT2D eigenvalue weighted by Gasteiger charge is 2.15. The maximum Gasteiger partial charge on any atom is 0.253 e. The molecule has 2 aromatic heterocycles. The van der Waals surface area contributed by atoms with Crippen LogP contribution in [0.2, 0.25) is 0 Å². The van der Waals surface area contributed by atoms with E-state index in [1.54, 1.807) is 4.68 Å². The average molecular weight is 386 g/mol. The second-order valence-electron chi connectivity index (χ2n) is 5.89. The predicted molar refractivity (Wildman–Crippen MR) is 99.5 cm³/mol. The van der Waals surface area contributed by atoms with Crippen molar-refractivity contribution < 1.29 is 0 Å². The van der Waals surface area contributed by atoms with Crippen LogP contribution in [0.15, 0.2) is 40.9 Å². The number of nitrogens with one attached hydrogen (secondary N) is 1. The van der Waals surface area contributed by atoms with Crippen molar-refractivity contribution in [1.82, 2.24) is 19.7 Å². The van der Waals surface area contributed by atoms with Crippen molar-refractivity contribution in [3.63, 3.8) is 0 Å². The van der Waals surface area contributed by atoms with Crippen LogP contribution in [0.25, 0.3) is 5.95 Å². The number of benzene rings is 1. The van der Waals surface area contributed by atoms with Crippen LogP contribution in [0.4, 0.5) is 5.82 Å². The van der Waals surface area contributed by atoms with Gasteiger partial charge in [0.1, 0.15) is 5.82 Å². The maximum atomic E-state index is 4.67. The summed E-state index contributed by atoms with van der Waals surface area (Å²) in [6, 6.07) is 12.4. The molecule has 1 aromatic carbocycles. The third-order valence-electron chi connectivity index (χ3n) is 3.86. The lowest BCUT2D eigenvalue weighted by Crippen LogP contribution is -2.13. The smallest absolute Gasteiger partial charge is 0.253 e. The molecule has 1 atom stereocenters. The summed E-state index contributed by atoms with van der Waals surface area (Å²) in [5.74, 6) is 1.34. The highest BCUT2D eigenvalue weighted by atomic mass is 79.9. The molecule has 0 saturated carbocycles. The lowest BCUT2D eigenvalue weighted by Gasteiger charge is -2.17.